The molecule has 0 fully saturated rings. The summed E-state index contributed by atoms with van der Waals surface area (Å²) in [5, 5.41) is 14.0. The minimum absolute atomic E-state index is 0. The molecule has 0 amide bonds. The molecule has 61 valence electrons. The molecule has 1 radical (unpaired) electrons. The first-order chi connectivity index (χ1) is 4.83. The van der Waals surface area contributed by atoms with Crippen LogP contribution in [0, 0.1) is 0 Å². The number of hydrogen-bond acceptors (Lipinski definition) is 2. The van der Waals surface area contributed by atoms with Crippen LogP contribution in [0.5, 0.6) is 0 Å². The van der Waals surface area contributed by atoms with Crippen LogP contribution >= 0.6 is 0 Å². The maximum atomic E-state index is 7.00. The fraction of sp³-hybridized carbons (Fsp3) is 1.00. The zero-order chi connectivity index (χ0) is 8.24. The second-order valence-electron chi connectivity index (χ2n) is 2.18. The maximum Gasteiger partial charge on any atom is 0.482 e. The summed E-state index contributed by atoms with van der Waals surface area (Å²) in [6, 6.07) is 0. The van der Waals surface area contributed by atoms with E-state index in [1.165, 1.54) is 32.1 Å². The summed E-state index contributed by atoms with van der Waals surface area (Å²) in [6.07, 6.45) is 7.01. The van der Waals surface area contributed by atoms with Gasteiger partial charge in [-0.1, -0.05) is 46.0 Å². The van der Waals surface area contributed by atoms with Gasteiger partial charge in [0.2, 0.25) is 0 Å². The van der Waals surface area contributed by atoms with Gasteiger partial charge in [-0.05, 0) is 0 Å². The standard InChI is InChI=1S/C7H16.BH2O2/c1-3-5-7-6-4-2;2-1-3/h3-7H2,1-2H3;2-3H. The lowest BCUT2D eigenvalue weighted by molar-refractivity contribution is 0.448. The van der Waals surface area contributed by atoms with E-state index in [0.29, 0.717) is 0 Å². The predicted octanol–water partition coefficient (Wildman–Crippen LogP) is 1.48. The molecule has 0 saturated heterocycles. The Morgan fingerprint density at radius 1 is 0.900 bits per heavy atom. The first-order valence-electron chi connectivity index (χ1n) is 3.93. The van der Waals surface area contributed by atoms with Crippen molar-refractivity contribution in [2.75, 3.05) is 0 Å². The van der Waals surface area contributed by atoms with Crippen molar-refractivity contribution >= 4 is 7.69 Å². The molecule has 2 nitrogen and oxygen atoms in total. The van der Waals surface area contributed by atoms with E-state index in [-0.39, 0.29) is 7.69 Å². The van der Waals surface area contributed by atoms with Gasteiger partial charge in [0.15, 0.2) is 0 Å². The molecule has 0 bridgehead atoms. The zero-order valence-electron chi connectivity index (χ0n) is 7.01. The lowest BCUT2D eigenvalue weighted by Gasteiger charge is -1.90. The fourth-order valence-corrected chi connectivity index (χ4v) is 0.677. The molecule has 0 aromatic carbocycles. The Bertz CT molecular complexity index is 38.6. The third-order valence-corrected chi connectivity index (χ3v) is 1.21. The lowest BCUT2D eigenvalue weighted by Crippen LogP contribution is -1.75. The molecule has 0 aromatic heterocycles. The molecule has 0 saturated carbocycles. The van der Waals surface area contributed by atoms with Crippen LogP contribution in [0.2, 0.25) is 0 Å². The van der Waals surface area contributed by atoms with E-state index in [2.05, 4.69) is 13.8 Å². The summed E-state index contributed by atoms with van der Waals surface area (Å²) in [6.45, 7) is 4.49. The van der Waals surface area contributed by atoms with E-state index in [0.717, 1.165) is 0 Å². The average Bonchev–Trinajstić information content (AvgIpc) is 1.91. The summed E-state index contributed by atoms with van der Waals surface area (Å²) in [5.41, 5.74) is 0. The molecular formula is C7H18BO2. The van der Waals surface area contributed by atoms with Crippen molar-refractivity contribution in [2.24, 2.45) is 0 Å². The first-order valence-corrected chi connectivity index (χ1v) is 3.93. The van der Waals surface area contributed by atoms with E-state index in [1.807, 2.05) is 0 Å². The molecule has 0 heterocycles. The Morgan fingerprint density at radius 3 is 1.40 bits per heavy atom. The van der Waals surface area contributed by atoms with Crippen molar-refractivity contribution in [3.63, 3.8) is 0 Å². The molecule has 0 aromatic rings. The van der Waals surface area contributed by atoms with Gasteiger partial charge in [-0.15, -0.1) is 0 Å². The van der Waals surface area contributed by atoms with Crippen molar-refractivity contribution < 1.29 is 10.0 Å². The topological polar surface area (TPSA) is 40.5 Å². The van der Waals surface area contributed by atoms with Crippen LogP contribution in [0.1, 0.15) is 46.0 Å². The van der Waals surface area contributed by atoms with E-state index in [9.17, 15) is 0 Å². The number of rotatable bonds is 4. The maximum absolute atomic E-state index is 7.00. The van der Waals surface area contributed by atoms with Gasteiger partial charge < -0.3 is 10.0 Å². The van der Waals surface area contributed by atoms with Crippen LogP contribution < -0.4 is 0 Å². The normalized spacial score (nSPS) is 8.00. The van der Waals surface area contributed by atoms with E-state index in [4.69, 9.17) is 10.0 Å². The second-order valence-corrected chi connectivity index (χ2v) is 2.18. The average molecular weight is 145 g/mol. The molecule has 0 atom stereocenters. The Hall–Kier alpha value is -0.0151. The summed E-state index contributed by atoms with van der Waals surface area (Å²) in [4.78, 5) is 0. The fourth-order valence-electron chi connectivity index (χ4n) is 0.677. The van der Waals surface area contributed by atoms with Crippen molar-refractivity contribution in [2.45, 2.75) is 46.0 Å². The van der Waals surface area contributed by atoms with Crippen molar-refractivity contribution in [1.82, 2.24) is 0 Å². The number of unbranched alkanes of at least 4 members (excludes halogenated alkanes) is 4. The third-order valence-electron chi connectivity index (χ3n) is 1.21. The van der Waals surface area contributed by atoms with Gasteiger partial charge in [0.25, 0.3) is 0 Å². The Balaban J connectivity index is 0. The highest BCUT2D eigenvalue weighted by atomic mass is 16.4. The van der Waals surface area contributed by atoms with Crippen LogP contribution in [-0.2, 0) is 0 Å². The molecule has 3 heteroatoms. The van der Waals surface area contributed by atoms with Crippen LogP contribution in [0.3, 0.4) is 0 Å². The van der Waals surface area contributed by atoms with E-state index < -0.39 is 0 Å². The van der Waals surface area contributed by atoms with Gasteiger partial charge in [-0.25, -0.2) is 0 Å². The monoisotopic (exact) mass is 145 g/mol. The summed E-state index contributed by atoms with van der Waals surface area (Å²) in [5.74, 6) is 0. The van der Waals surface area contributed by atoms with Crippen LogP contribution in [0.25, 0.3) is 0 Å². The van der Waals surface area contributed by atoms with E-state index >= 15 is 0 Å². The van der Waals surface area contributed by atoms with Gasteiger partial charge in [-0.2, -0.15) is 0 Å². The van der Waals surface area contributed by atoms with Gasteiger partial charge >= 0.3 is 7.69 Å². The molecule has 0 aliphatic carbocycles. The highest BCUT2D eigenvalue weighted by Gasteiger charge is 1.80. The Labute approximate surface area is 64.6 Å². The molecule has 10 heavy (non-hydrogen) atoms. The highest BCUT2D eigenvalue weighted by Crippen LogP contribution is 2.00. The number of hydrogen-bond donors (Lipinski definition) is 2. The molecule has 0 rings (SSSR count). The van der Waals surface area contributed by atoms with Crippen LogP contribution in [0.4, 0.5) is 0 Å². The molecular weight excluding hydrogens is 127 g/mol. The van der Waals surface area contributed by atoms with Gasteiger partial charge in [-0.3, -0.25) is 0 Å². The quantitative estimate of drug-likeness (QED) is 0.464. The Morgan fingerprint density at radius 2 is 1.20 bits per heavy atom. The smallest absolute Gasteiger partial charge is 0.429 e. The van der Waals surface area contributed by atoms with Gasteiger partial charge in [0.1, 0.15) is 0 Å². The highest BCUT2D eigenvalue weighted by molar-refractivity contribution is 6.13. The third kappa shape index (κ3) is 24.5. The lowest BCUT2D eigenvalue weighted by atomic mass is 10.2. The van der Waals surface area contributed by atoms with Crippen molar-refractivity contribution in [3.8, 4) is 0 Å². The largest absolute Gasteiger partial charge is 0.482 e. The first kappa shape index (κ1) is 12.6. The molecule has 0 spiro atoms. The van der Waals surface area contributed by atoms with Crippen LogP contribution in [0.15, 0.2) is 0 Å². The van der Waals surface area contributed by atoms with Gasteiger partial charge in [0.05, 0.1) is 0 Å². The van der Waals surface area contributed by atoms with Crippen molar-refractivity contribution in [1.29, 1.82) is 0 Å². The van der Waals surface area contributed by atoms with E-state index in [1.54, 1.807) is 0 Å². The SMILES string of the molecule is CCCCCCC.O[B]O. The molecule has 2 N–H and O–H groups in total. The van der Waals surface area contributed by atoms with Crippen LogP contribution in [-0.4, -0.2) is 17.7 Å². The summed E-state index contributed by atoms with van der Waals surface area (Å²) in [7, 11) is 0. The molecule has 0 aliphatic heterocycles. The minimum Gasteiger partial charge on any atom is -0.429 e. The summed E-state index contributed by atoms with van der Waals surface area (Å²) < 4.78 is 0. The molecule has 0 unspecified atom stereocenters. The summed E-state index contributed by atoms with van der Waals surface area (Å²) >= 11 is 0. The second kappa shape index (κ2) is 16.0. The minimum atomic E-state index is 0. The van der Waals surface area contributed by atoms with Gasteiger partial charge in [0, 0.05) is 0 Å². The predicted molar refractivity (Wildman–Crippen MR) is 44.6 cm³/mol. The Kier molecular flexibility index (Phi) is 20.2. The zero-order valence-corrected chi connectivity index (χ0v) is 7.01. The van der Waals surface area contributed by atoms with Crippen molar-refractivity contribution in [3.05, 3.63) is 0 Å². The molecule has 0 aliphatic rings.